The van der Waals surface area contributed by atoms with Gasteiger partial charge in [0.1, 0.15) is 5.82 Å². The highest BCUT2D eigenvalue weighted by Gasteiger charge is 2.17. The maximum absolute atomic E-state index is 12.7. The molecule has 1 saturated heterocycles. The number of rotatable bonds is 1. The number of amides is 1. The molecule has 2 rings (SSSR count). The van der Waals surface area contributed by atoms with Crippen LogP contribution in [0.1, 0.15) is 6.42 Å². The minimum absolute atomic E-state index is 0. The van der Waals surface area contributed by atoms with Gasteiger partial charge in [-0.3, -0.25) is 4.79 Å². The van der Waals surface area contributed by atoms with Crippen molar-refractivity contribution in [3.8, 4) is 0 Å². The number of nitrogens with one attached hydrogen (secondary N) is 1. The summed E-state index contributed by atoms with van der Waals surface area (Å²) in [6.45, 7) is 2.14. The smallest absolute Gasteiger partial charge is 0.228 e. The number of benzene rings is 1. The summed E-state index contributed by atoms with van der Waals surface area (Å²) in [5.74, 6) is -0.189. The molecule has 3 nitrogen and oxygen atoms in total. The molecule has 0 spiro atoms. The van der Waals surface area contributed by atoms with Gasteiger partial charge >= 0.3 is 0 Å². The van der Waals surface area contributed by atoms with Crippen molar-refractivity contribution < 1.29 is 9.18 Å². The number of hydrogen-bond acceptors (Lipinski definition) is 2. The Kier molecular flexibility index (Phi) is 4.71. The average molecular weight is 245 g/mol. The van der Waals surface area contributed by atoms with Gasteiger partial charge in [0, 0.05) is 31.7 Å². The third-order valence-corrected chi connectivity index (χ3v) is 2.47. The molecule has 1 aliphatic rings. The van der Waals surface area contributed by atoms with Crippen LogP contribution in [0, 0.1) is 5.82 Å². The zero-order valence-electron chi connectivity index (χ0n) is 8.78. The van der Waals surface area contributed by atoms with Crippen LogP contribution in [0.25, 0.3) is 0 Å². The molecule has 1 aliphatic heterocycles. The maximum atomic E-state index is 12.7. The first-order valence-electron chi connectivity index (χ1n) is 5.04. The Morgan fingerprint density at radius 2 is 1.88 bits per heavy atom. The van der Waals surface area contributed by atoms with Crippen molar-refractivity contribution in [3.05, 3.63) is 30.1 Å². The highest BCUT2D eigenvalue weighted by molar-refractivity contribution is 5.93. The number of carbonyl (C=O) groups excluding carboxylic acids is 1. The fourth-order valence-corrected chi connectivity index (χ4v) is 1.66. The molecule has 0 saturated carbocycles. The highest BCUT2D eigenvalue weighted by atomic mass is 35.5. The summed E-state index contributed by atoms with van der Waals surface area (Å²) in [5.41, 5.74) is 0.769. The third-order valence-electron chi connectivity index (χ3n) is 2.47. The molecule has 0 atom stereocenters. The van der Waals surface area contributed by atoms with Crippen LogP contribution in [0.3, 0.4) is 0 Å². The van der Waals surface area contributed by atoms with E-state index in [9.17, 15) is 9.18 Å². The van der Waals surface area contributed by atoms with E-state index >= 15 is 0 Å². The standard InChI is InChI=1S/C11H13FN2O.ClH/c12-9-1-3-10(4-2-9)14-8-7-13-6-5-11(14)15;/h1-4,13H,5-8H2;1H. The van der Waals surface area contributed by atoms with Crippen molar-refractivity contribution in [1.82, 2.24) is 5.32 Å². The van der Waals surface area contributed by atoms with Gasteiger partial charge in [0.15, 0.2) is 0 Å². The molecular weight excluding hydrogens is 231 g/mol. The molecule has 1 aromatic carbocycles. The van der Waals surface area contributed by atoms with Gasteiger partial charge in [0.2, 0.25) is 5.91 Å². The van der Waals surface area contributed by atoms with E-state index in [0.717, 1.165) is 18.8 Å². The topological polar surface area (TPSA) is 32.3 Å². The lowest BCUT2D eigenvalue weighted by Gasteiger charge is -2.20. The summed E-state index contributed by atoms with van der Waals surface area (Å²) in [6, 6.07) is 6.03. The van der Waals surface area contributed by atoms with Gasteiger partial charge < -0.3 is 10.2 Å². The number of carbonyl (C=O) groups is 1. The SMILES string of the molecule is Cl.O=C1CCNCCN1c1ccc(F)cc1. The zero-order valence-corrected chi connectivity index (χ0v) is 9.60. The Balaban J connectivity index is 0.00000128. The van der Waals surface area contributed by atoms with Crippen molar-refractivity contribution in [2.75, 3.05) is 24.5 Å². The van der Waals surface area contributed by atoms with E-state index in [-0.39, 0.29) is 24.1 Å². The second kappa shape index (κ2) is 5.82. The van der Waals surface area contributed by atoms with E-state index in [1.165, 1.54) is 12.1 Å². The molecule has 1 aromatic rings. The Morgan fingerprint density at radius 3 is 2.56 bits per heavy atom. The van der Waals surface area contributed by atoms with Crippen LogP contribution < -0.4 is 10.2 Å². The average Bonchev–Trinajstić information content (AvgIpc) is 2.44. The lowest BCUT2D eigenvalue weighted by molar-refractivity contribution is -0.118. The molecule has 0 radical (unpaired) electrons. The van der Waals surface area contributed by atoms with Gasteiger partial charge in [-0.15, -0.1) is 12.4 Å². The summed E-state index contributed by atoms with van der Waals surface area (Å²) >= 11 is 0. The number of nitrogens with zero attached hydrogens (tertiary/aromatic N) is 1. The van der Waals surface area contributed by atoms with Crippen LogP contribution in [-0.4, -0.2) is 25.5 Å². The van der Waals surface area contributed by atoms with Crippen molar-refractivity contribution in [1.29, 1.82) is 0 Å². The predicted molar refractivity (Wildman–Crippen MR) is 63.5 cm³/mol. The number of halogens is 2. The minimum Gasteiger partial charge on any atom is -0.314 e. The van der Waals surface area contributed by atoms with Gasteiger partial charge in [0.25, 0.3) is 0 Å². The molecule has 88 valence electrons. The van der Waals surface area contributed by atoms with Crippen LogP contribution in [0.2, 0.25) is 0 Å². The molecule has 1 heterocycles. The first kappa shape index (κ1) is 12.9. The van der Waals surface area contributed by atoms with Crippen molar-refractivity contribution >= 4 is 24.0 Å². The monoisotopic (exact) mass is 244 g/mol. The molecule has 16 heavy (non-hydrogen) atoms. The van der Waals surface area contributed by atoms with Gasteiger partial charge in [-0.25, -0.2) is 4.39 Å². The number of anilines is 1. The van der Waals surface area contributed by atoms with Gasteiger partial charge in [-0.05, 0) is 24.3 Å². The lowest BCUT2D eigenvalue weighted by Crippen LogP contribution is -2.32. The van der Waals surface area contributed by atoms with Crippen LogP contribution in [0.4, 0.5) is 10.1 Å². The summed E-state index contributed by atoms with van der Waals surface area (Å²) in [6.07, 6.45) is 0.497. The minimum atomic E-state index is -0.279. The summed E-state index contributed by atoms with van der Waals surface area (Å²) < 4.78 is 12.7. The van der Waals surface area contributed by atoms with E-state index in [4.69, 9.17) is 0 Å². The Hall–Kier alpha value is -1.13. The Labute approximate surface area is 100 Å². The lowest BCUT2D eigenvalue weighted by atomic mass is 10.2. The second-order valence-corrected chi connectivity index (χ2v) is 3.52. The molecule has 1 amide bonds. The molecule has 0 aliphatic carbocycles. The molecular formula is C11H14ClFN2O. The summed E-state index contributed by atoms with van der Waals surface area (Å²) in [7, 11) is 0. The van der Waals surface area contributed by atoms with E-state index in [0.29, 0.717) is 13.0 Å². The van der Waals surface area contributed by atoms with Gasteiger partial charge in [-0.2, -0.15) is 0 Å². The normalized spacial score (nSPS) is 16.6. The first-order chi connectivity index (χ1) is 7.27. The van der Waals surface area contributed by atoms with Crippen molar-refractivity contribution in [2.45, 2.75) is 6.42 Å². The van der Waals surface area contributed by atoms with E-state index in [1.807, 2.05) is 0 Å². The van der Waals surface area contributed by atoms with E-state index in [1.54, 1.807) is 17.0 Å². The molecule has 5 heteroatoms. The quantitative estimate of drug-likeness (QED) is 0.814. The van der Waals surface area contributed by atoms with Crippen molar-refractivity contribution in [3.63, 3.8) is 0 Å². The molecule has 0 aromatic heterocycles. The fraction of sp³-hybridized carbons (Fsp3) is 0.364. The Morgan fingerprint density at radius 1 is 1.19 bits per heavy atom. The van der Waals surface area contributed by atoms with Gasteiger partial charge in [0.05, 0.1) is 0 Å². The van der Waals surface area contributed by atoms with Crippen LogP contribution >= 0.6 is 12.4 Å². The largest absolute Gasteiger partial charge is 0.314 e. The molecule has 0 unspecified atom stereocenters. The Bertz CT molecular complexity index is 356. The highest BCUT2D eigenvalue weighted by Crippen LogP contribution is 2.16. The van der Waals surface area contributed by atoms with E-state index < -0.39 is 0 Å². The second-order valence-electron chi connectivity index (χ2n) is 3.52. The van der Waals surface area contributed by atoms with E-state index in [2.05, 4.69) is 5.32 Å². The van der Waals surface area contributed by atoms with Gasteiger partial charge in [-0.1, -0.05) is 0 Å². The van der Waals surface area contributed by atoms with Crippen LogP contribution in [-0.2, 0) is 4.79 Å². The fourth-order valence-electron chi connectivity index (χ4n) is 1.66. The molecule has 1 N–H and O–H groups in total. The van der Waals surface area contributed by atoms with Crippen LogP contribution in [0.5, 0.6) is 0 Å². The first-order valence-corrected chi connectivity index (χ1v) is 5.04. The maximum Gasteiger partial charge on any atom is 0.228 e. The zero-order chi connectivity index (χ0) is 10.7. The predicted octanol–water partition coefficient (Wildman–Crippen LogP) is 1.57. The van der Waals surface area contributed by atoms with Crippen LogP contribution in [0.15, 0.2) is 24.3 Å². The third kappa shape index (κ3) is 2.93. The summed E-state index contributed by atoms with van der Waals surface area (Å²) in [5, 5.41) is 3.15. The molecule has 0 bridgehead atoms. The molecule has 1 fully saturated rings. The van der Waals surface area contributed by atoms with Crippen molar-refractivity contribution in [2.24, 2.45) is 0 Å². The number of hydrogen-bond donors (Lipinski definition) is 1. The summed E-state index contributed by atoms with van der Waals surface area (Å²) in [4.78, 5) is 13.4.